The molecule has 1 aliphatic heterocycles. The van der Waals surface area contributed by atoms with E-state index in [1.54, 1.807) is 6.07 Å². The van der Waals surface area contributed by atoms with Crippen molar-refractivity contribution in [2.24, 2.45) is 0 Å². The average Bonchev–Trinajstić information content (AvgIpc) is 3.17. The van der Waals surface area contributed by atoms with Gasteiger partial charge in [-0.15, -0.1) is 0 Å². The Bertz CT molecular complexity index is 1180. The molecule has 1 aromatic heterocycles. The Morgan fingerprint density at radius 2 is 1.79 bits per heavy atom. The molecule has 2 aromatic carbocycles. The van der Waals surface area contributed by atoms with E-state index in [0.717, 1.165) is 23.3 Å². The number of benzene rings is 2. The summed E-state index contributed by atoms with van der Waals surface area (Å²) in [6, 6.07) is 13.4. The summed E-state index contributed by atoms with van der Waals surface area (Å²) < 4.78 is 49.3. The van der Waals surface area contributed by atoms with Crippen LogP contribution in [0.3, 0.4) is 0 Å². The number of carbonyl (C=O) groups is 1. The third-order valence-corrected chi connectivity index (χ3v) is 5.63. The lowest BCUT2D eigenvalue weighted by molar-refractivity contribution is -0.157. The first-order valence-electron chi connectivity index (χ1n) is 10.5. The molecule has 0 aliphatic carbocycles. The van der Waals surface area contributed by atoms with Crippen LogP contribution in [0.2, 0.25) is 0 Å². The number of aromatic nitrogens is 2. The zero-order valence-electron chi connectivity index (χ0n) is 18.8. The van der Waals surface area contributed by atoms with Gasteiger partial charge < -0.3 is 14.6 Å². The molecule has 1 aliphatic rings. The molecule has 0 unspecified atom stereocenters. The van der Waals surface area contributed by atoms with Gasteiger partial charge in [0.15, 0.2) is 0 Å². The van der Waals surface area contributed by atoms with Crippen molar-refractivity contribution in [1.82, 2.24) is 15.1 Å². The van der Waals surface area contributed by atoms with Crippen LogP contribution in [0, 0.1) is 0 Å². The van der Waals surface area contributed by atoms with E-state index < -0.39 is 28.9 Å². The minimum absolute atomic E-state index is 0.227. The van der Waals surface area contributed by atoms with Crippen LogP contribution in [0.25, 0.3) is 11.3 Å². The highest BCUT2D eigenvalue weighted by Crippen LogP contribution is 2.41. The molecule has 1 saturated heterocycles. The number of carboxylic acid groups (broad SMARTS) is 1. The second-order valence-corrected chi connectivity index (χ2v) is 9.14. The third kappa shape index (κ3) is 4.45. The Morgan fingerprint density at radius 1 is 1.12 bits per heavy atom. The predicted octanol–water partition coefficient (Wildman–Crippen LogP) is 5.89. The number of aromatic amines is 1. The Balaban J connectivity index is 1.59. The van der Waals surface area contributed by atoms with E-state index in [2.05, 4.69) is 10.2 Å². The molecular formula is C24H24F3N3O4. The van der Waals surface area contributed by atoms with E-state index >= 15 is 0 Å². The lowest BCUT2D eigenvalue weighted by Gasteiger charge is -2.53. The van der Waals surface area contributed by atoms with Crippen LogP contribution in [-0.4, -0.2) is 45.0 Å². The minimum Gasteiger partial charge on any atom is -0.465 e. The van der Waals surface area contributed by atoms with E-state index in [-0.39, 0.29) is 24.8 Å². The Hall–Kier alpha value is -3.53. The summed E-state index contributed by atoms with van der Waals surface area (Å²) in [5, 5.41) is 16.9. The quantitative estimate of drug-likeness (QED) is 0.480. The van der Waals surface area contributed by atoms with Gasteiger partial charge in [-0.3, -0.25) is 4.90 Å². The standard InChI is InChI=1S/C24H24F3N3O4/c1-22(2,3)30(21(31)32)23(13-33-14-23)17-6-4-5-15(11-17)19-12-20(29-28-19)34-18-9-7-16(8-10-18)24(25,26)27/h4-12H,13-14H2,1-3H3,(H,28,29)(H,31,32). The predicted molar refractivity (Wildman–Crippen MR) is 118 cm³/mol. The molecule has 4 rings (SSSR count). The largest absolute Gasteiger partial charge is 0.465 e. The van der Waals surface area contributed by atoms with Gasteiger partial charge >= 0.3 is 12.3 Å². The maximum atomic E-state index is 12.7. The highest BCUT2D eigenvalue weighted by atomic mass is 19.4. The van der Waals surface area contributed by atoms with Gasteiger partial charge in [-0.05, 0) is 56.7 Å². The molecule has 34 heavy (non-hydrogen) atoms. The zero-order valence-corrected chi connectivity index (χ0v) is 18.8. The first-order chi connectivity index (χ1) is 15.9. The van der Waals surface area contributed by atoms with Crippen molar-refractivity contribution in [1.29, 1.82) is 0 Å². The van der Waals surface area contributed by atoms with Crippen molar-refractivity contribution in [2.45, 2.75) is 38.0 Å². The summed E-state index contributed by atoms with van der Waals surface area (Å²) in [5.74, 6) is 0.480. The monoisotopic (exact) mass is 475 g/mol. The van der Waals surface area contributed by atoms with Gasteiger partial charge in [0, 0.05) is 17.2 Å². The summed E-state index contributed by atoms with van der Waals surface area (Å²) in [7, 11) is 0. The fourth-order valence-electron chi connectivity index (χ4n) is 4.14. The maximum Gasteiger partial charge on any atom is 0.416 e. The molecule has 2 N–H and O–H groups in total. The molecule has 0 bridgehead atoms. The SMILES string of the molecule is CC(C)(C)N(C(=O)O)C1(c2cccc(-c3cc(Oc4ccc(C(F)(F)F)cc4)[nH]n3)c2)COC1. The number of hydrogen-bond acceptors (Lipinski definition) is 4. The first kappa shape index (κ1) is 23.6. The molecule has 3 aromatic rings. The molecule has 1 fully saturated rings. The normalized spacial score (nSPS) is 15.5. The number of H-pyrrole nitrogens is 1. The number of ether oxygens (including phenoxy) is 2. The maximum absolute atomic E-state index is 12.7. The molecule has 1 amide bonds. The number of nitrogens with zero attached hydrogens (tertiary/aromatic N) is 2. The number of rotatable bonds is 5. The van der Waals surface area contributed by atoms with Crippen molar-refractivity contribution in [3.8, 4) is 22.9 Å². The molecule has 2 heterocycles. The number of nitrogens with one attached hydrogen (secondary N) is 1. The fourth-order valence-corrected chi connectivity index (χ4v) is 4.14. The number of hydrogen-bond donors (Lipinski definition) is 2. The molecule has 180 valence electrons. The minimum atomic E-state index is -4.42. The molecule has 0 spiro atoms. The van der Waals surface area contributed by atoms with Gasteiger partial charge in [-0.25, -0.2) is 9.89 Å². The van der Waals surface area contributed by atoms with Crippen LogP contribution in [0.15, 0.2) is 54.6 Å². The van der Waals surface area contributed by atoms with Gasteiger partial charge in [-0.2, -0.15) is 18.3 Å². The lowest BCUT2D eigenvalue weighted by Crippen LogP contribution is -2.66. The molecule has 10 heteroatoms. The van der Waals surface area contributed by atoms with Gasteiger partial charge in [0.25, 0.3) is 0 Å². The van der Waals surface area contributed by atoms with Crippen LogP contribution in [0.1, 0.15) is 31.9 Å². The van der Waals surface area contributed by atoms with E-state index in [9.17, 15) is 23.1 Å². The summed E-state index contributed by atoms with van der Waals surface area (Å²) in [6.45, 7) is 5.99. The van der Waals surface area contributed by atoms with Crippen LogP contribution in [0.4, 0.5) is 18.0 Å². The lowest BCUT2D eigenvalue weighted by atomic mass is 9.82. The summed E-state index contributed by atoms with van der Waals surface area (Å²) >= 11 is 0. The van der Waals surface area contributed by atoms with Crippen molar-refractivity contribution in [3.63, 3.8) is 0 Å². The Morgan fingerprint density at radius 3 is 2.32 bits per heavy atom. The highest BCUT2D eigenvalue weighted by molar-refractivity contribution is 5.69. The Kier molecular flexibility index (Phi) is 5.80. The average molecular weight is 475 g/mol. The van der Waals surface area contributed by atoms with E-state index in [4.69, 9.17) is 9.47 Å². The Labute approximate surface area is 194 Å². The number of alkyl halides is 3. The van der Waals surface area contributed by atoms with Crippen molar-refractivity contribution in [2.75, 3.05) is 13.2 Å². The van der Waals surface area contributed by atoms with Crippen molar-refractivity contribution in [3.05, 3.63) is 65.7 Å². The third-order valence-electron chi connectivity index (χ3n) is 5.63. The van der Waals surface area contributed by atoms with E-state index in [1.807, 2.05) is 45.0 Å². The van der Waals surface area contributed by atoms with Crippen molar-refractivity contribution < 1.29 is 32.5 Å². The van der Waals surface area contributed by atoms with Gasteiger partial charge in [-0.1, -0.05) is 18.2 Å². The molecule has 7 nitrogen and oxygen atoms in total. The van der Waals surface area contributed by atoms with Crippen LogP contribution >= 0.6 is 0 Å². The highest BCUT2D eigenvalue weighted by Gasteiger charge is 2.52. The summed E-state index contributed by atoms with van der Waals surface area (Å²) in [5.41, 5.74) is -0.196. The topological polar surface area (TPSA) is 87.7 Å². The molecule has 0 saturated carbocycles. The molecular weight excluding hydrogens is 451 g/mol. The van der Waals surface area contributed by atoms with Crippen LogP contribution < -0.4 is 4.74 Å². The summed E-state index contributed by atoms with van der Waals surface area (Å²) in [6.07, 6.45) is -5.45. The zero-order chi connectivity index (χ0) is 24.7. The van der Waals surface area contributed by atoms with Crippen LogP contribution in [-0.2, 0) is 16.5 Å². The van der Waals surface area contributed by atoms with Crippen LogP contribution in [0.5, 0.6) is 11.6 Å². The second-order valence-electron chi connectivity index (χ2n) is 9.14. The number of amides is 1. The van der Waals surface area contributed by atoms with E-state index in [1.165, 1.54) is 17.0 Å². The van der Waals surface area contributed by atoms with Gasteiger partial charge in [0.2, 0.25) is 5.88 Å². The fraction of sp³-hybridized carbons (Fsp3) is 0.333. The smallest absolute Gasteiger partial charge is 0.416 e. The summed E-state index contributed by atoms with van der Waals surface area (Å²) in [4.78, 5) is 13.6. The van der Waals surface area contributed by atoms with Crippen molar-refractivity contribution >= 4 is 6.09 Å². The number of halogens is 3. The van der Waals surface area contributed by atoms with E-state index in [0.29, 0.717) is 5.69 Å². The molecule has 0 radical (unpaired) electrons. The van der Waals surface area contributed by atoms with Gasteiger partial charge in [0.1, 0.15) is 11.3 Å². The second kappa shape index (κ2) is 8.35. The van der Waals surface area contributed by atoms with Gasteiger partial charge in [0.05, 0.1) is 24.5 Å². The molecule has 0 atom stereocenters. The first-order valence-corrected chi connectivity index (χ1v) is 10.5.